The van der Waals surface area contributed by atoms with Crippen molar-refractivity contribution in [3.05, 3.63) is 0 Å². The molecule has 14 heavy (non-hydrogen) atoms. The first kappa shape index (κ1) is 13.2. The maximum absolute atomic E-state index is 11.6. The van der Waals surface area contributed by atoms with Crippen LogP contribution in [0.15, 0.2) is 0 Å². The van der Waals surface area contributed by atoms with E-state index in [0.717, 1.165) is 19.4 Å². The number of hydrogen-bond acceptors (Lipinski definition) is 2. The molecule has 2 N–H and O–H groups in total. The van der Waals surface area contributed by atoms with Crippen molar-refractivity contribution in [1.29, 1.82) is 0 Å². The molecular formula is C10H21NO3. The van der Waals surface area contributed by atoms with E-state index in [2.05, 4.69) is 6.92 Å². The number of hydrogen-bond donors (Lipinski definition) is 0. The standard InChI is InChI=1S/C10H19NO2.H2O/c1-8-6-5-7-11(8)9(12)13-10(2,3)4;/h8H,5-7H2,1-4H3;1H2/t8-;/m1./s1. The number of amides is 1. The summed E-state index contributed by atoms with van der Waals surface area (Å²) in [6, 6.07) is 0.342. The van der Waals surface area contributed by atoms with Crippen LogP contribution in [-0.2, 0) is 4.74 Å². The van der Waals surface area contributed by atoms with E-state index < -0.39 is 0 Å². The molecule has 1 aliphatic rings. The Bertz CT molecular complexity index is 198. The van der Waals surface area contributed by atoms with Crippen LogP contribution in [0, 0.1) is 0 Å². The van der Waals surface area contributed by atoms with Gasteiger partial charge in [0.25, 0.3) is 0 Å². The molecule has 4 heteroatoms. The zero-order chi connectivity index (χ0) is 10.1. The molecule has 1 saturated heterocycles. The highest BCUT2D eigenvalue weighted by Gasteiger charge is 2.28. The molecule has 84 valence electrons. The van der Waals surface area contributed by atoms with E-state index in [1.165, 1.54) is 0 Å². The fourth-order valence-electron chi connectivity index (χ4n) is 1.53. The van der Waals surface area contributed by atoms with E-state index in [0.29, 0.717) is 6.04 Å². The molecule has 0 aromatic carbocycles. The Hall–Kier alpha value is -0.770. The number of rotatable bonds is 0. The summed E-state index contributed by atoms with van der Waals surface area (Å²) in [5, 5.41) is 0. The molecule has 1 amide bonds. The van der Waals surface area contributed by atoms with Gasteiger partial charge in [-0.15, -0.1) is 0 Å². The van der Waals surface area contributed by atoms with Crippen LogP contribution in [0.1, 0.15) is 40.5 Å². The molecule has 1 aliphatic heterocycles. The van der Waals surface area contributed by atoms with Gasteiger partial charge in [0.15, 0.2) is 0 Å². The van der Waals surface area contributed by atoms with Crippen LogP contribution in [0.5, 0.6) is 0 Å². The molecule has 1 heterocycles. The average Bonchev–Trinajstić information content (AvgIpc) is 2.30. The van der Waals surface area contributed by atoms with Crippen LogP contribution >= 0.6 is 0 Å². The van der Waals surface area contributed by atoms with E-state index in [1.807, 2.05) is 25.7 Å². The number of ether oxygens (including phenoxy) is 1. The SMILES string of the molecule is C[C@@H]1CCCN1C(=O)OC(C)(C)C.O. The van der Waals surface area contributed by atoms with Crippen LogP contribution in [0.2, 0.25) is 0 Å². The minimum absolute atomic E-state index is 0. The number of carbonyl (C=O) groups is 1. The van der Waals surface area contributed by atoms with Crippen molar-refractivity contribution >= 4 is 6.09 Å². The Kier molecular flexibility index (Phi) is 4.39. The molecule has 0 unspecified atom stereocenters. The molecule has 1 rings (SSSR count). The second-order valence-electron chi connectivity index (χ2n) is 4.66. The van der Waals surface area contributed by atoms with Crippen molar-refractivity contribution in [2.75, 3.05) is 6.54 Å². The third-order valence-electron chi connectivity index (χ3n) is 2.18. The highest BCUT2D eigenvalue weighted by molar-refractivity contribution is 5.68. The van der Waals surface area contributed by atoms with Crippen molar-refractivity contribution in [2.45, 2.75) is 52.2 Å². The first-order valence-electron chi connectivity index (χ1n) is 4.90. The summed E-state index contributed by atoms with van der Waals surface area (Å²) in [5.41, 5.74) is -0.376. The maximum Gasteiger partial charge on any atom is 0.410 e. The second kappa shape index (κ2) is 4.64. The molecule has 1 atom stereocenters. The van der Waals surface area contributed by atoms with Gasteiger partial charge >= 0.3 is 6.09 Å². The van der Waals surface area contributed by atoms with Crippen LogP contribution in [-0.4, -0.2) is 34.7 Å². The Balaban J connectivity index is 0.00000169. The molecular weight excluding hydrogens is 182 g/mol. The Morgan fingerprint density at radius 1 is 1.43 bits per heavy atom. The van der Waals surface area contributed by atoms with Gasteiger partial charge < -0.3 is 15.1 Å². The van der Waals surface area contributed by atoms with Crippen molar-refractivity contribution < 1.29 is 15.0 Å². The van der Waals surface area contributed by atoms with E-state index in [9.17, 15) is 4.79 Å². The molecule has 0 aromatic heterocycles. The monoisotopic (exact) mass is 203 g/mol. The smallest absolute Gasteiger partial charge is 0.410 e. The third kappa shape index (κ3) is 3.54. The van der Waals surface area contributed by atoms with Crippen molar-refractivity contribution in [2.24, 2.45) is 0 Å². The summed E-state index contributed by atoms with van der Waals surface area (Å²) in [6.45, 7) is 8.59. The largest absolute Gasteiger partial charge is 0.444 e. The van der Waals surface area contributed by atoms with Gasteiger partial charge in [-0.25, -0.2) is 4.79 Å². The van der Waals surface area contributed by atoms with Gasteiger partial charge in [0.2, 0.25) is 0 Å². The van der Waals surface area contributed by atoms with Crippen molar-refractivity contribution in [3.63, 3.8) is 0 Å². The third-order valence-corrected chi connectivity index (χ3v) is 2.18. The van der Waals surface area contributed by atoms with Gasteiger partial charge in [-0.2, -0.15) is 0 Å². The molecule has 1 fully saturated rings. The Labute approximate surface area is 85.5 Å². The van der Waals surface area contributed by atoms with Crippen molar-refractivity contribution in [3.8, 4) is 0 Å². The van der Waals surface area contributed by atoms with Gasteiger partial charge in [-0.1, -0.05) is 0 Å². The predicted molar refractivity (Wildman–Crippen MR) is 55.2 cm³/mol. The lowest BCUT2D eigenvalue weighted by Crippen LogP contribution is -2.38. The van der Waals surface area contributed by atoms with Gasteiger partial charge in [0, 0.05) is 12.6 Å². The normalized spacial score (nSPS) is 21.7. The summed E-state index contributed by atoms with van der Waals surface area (Å²) < 4.78 is 5.28. The van der Waals surface area contributed by atoms with Crippen LogP contribution in [0.3, 0.4) is 0 Å². The highest BCUT2D eigenvalue weighted by atomic mass is 16.6. The second-order valence-corrected chi connectivity index (χ2v) is 4.66. The summed E-state index contributed by atoms with van der Waals surface area (Å²) in [4.78, 5) is 13.4. The molecule has 0 aliphatic carbocycles. The van der Waals surface area contributed by atoms with Gasteiger partial charge in [0.1, 0.15) is 5.60 Å². The summed E-state index contributed by atoms with van der Waals surface area (Å²) in [7, 11) is 0. The summed E-state index contributed by atoms with van der Waals surface area (Å²) >= 11 is 0. The lowest BCUT2D eigenvalue weighted by Gasteiger charge is -2.26. The lowest BCUT2D eigenvalue weighted by atomic mass is 10.2. The predicted octanol–water partition coefficient (Wildman–Crippen LogP) is 1.58. The summed E-state index contributed by atoms with van der Waals surface area (Å²) in [5.74, 6) is 0. The molecule has 0 spiro atoms. The molecule has 0 bridgehead atoms. The van der Waals surface area contributed by atoms with Crippen LogP contribution < -0.4 is 0 Å². The summed E-state index contributed by atoms with van der Waals surface area (Å²) in [6.07, 6.45) is 2.03. The van der Waals surface area contributed by atoms with E-state index in [4.69, 9.17) is 4.74 Å². The fourth-order valence-corrected chi connectivity index (χ4v) is 1.53. The number of carbonyl (C=O) groups excluding carboxylic acids is 1. The topological polar surface area (TPSA) is 61.0 Å². The average molecular weight is 203 g/mol. The molecule has 0 saturated carbocycles. The van der Waals surface area contributed by atoms with E-state index >= 15 is 0 Å². The maximum atomic E-state index is 11.6. The number of nitrogens with zero attached hydrogens (tertiary/aromatic N) is 1. The molecule has 0 radical (unpaired) electrons. The van der Waals surface area contributed by atoms with Gasteiger partial charge in [-0.3, -0.25) is 0 Å². The Morgan fingerprint density at radius 3 is 2.36 bits per heavy atom. The Morgan fingerprint density at radius 2 is 2.00 bits per heavy atom. The highest BCUT2D eigenvalue weighted by Crippen LogP contribution is 2.19. The fraction of sp³-hybridized carbons (Fsp3) is 0.900. The molecule has 0 aromatic rings. The minimum Gasteiger partial charge on any atom is -0.444 e. The molecule has 4 nitrogen and oxygen atoms in total. The zero-order valence-corrected chi connectivity index (χ0v) is 9.46. The lowest BCUT2D eigenvalue weighted by molar-refractivity contribution is 0.0239. The van der Waals surface area contributed by atoms with Gasteiger partial charge in [0.05, 0.1) is 0 Å². The number of likely N-dealkylation sites (tertiary alicyclic amines) is 1. The minimum atomic E-state index is -0.376. The first-order valence-corrected chi connectivity index (χ1v) is 4.90. The zero-order valence-electron chi connectivity index (χ0n) is 9.46. The quantitative estimate of drug-likeness (QED) is 0.600. The van der Waals surface area contributed by atoms with E-state index in [1.54, 1.807) is 0 Å². The van der Waals surface area contributed by atoms with Crippen LogP contribution in [0.25, 0.3) is 0 Å². The van der Waals surface area contributed by atoms with Crippen molar-refractivity contribution in [1.82, 2.24) is 4.90 Å². The van der Waals surface area contributed by atoms with Gasteiger partial charge in [-0.05, 0) is 40.5 Å². The van der Waals surface area contributed by atoms with E-state index in [-0.39, 0.29) is 17.2 Å². The first-order chi connectivity index (χ1) is 5.90. The van der Waals surface area contributed by atoms with Crippen LogP contribution in [0.4, 0.5) is 4.79 Å².